The lowest BCUT2D eigenvalue weighted by molar-refractivity contribution is -0.113. The van der Waals surface area contributed by atoms with E-state index in [0.717, 1.165) is 11.3 Å². The van der Waals surface area contributed by atoms with Gasteiger partial charge in [0.25, 0.3) is 0 Å². The van der Waals surface area contributed by atoms with Gasteiger partial charge in [0.15, 0.2) is 5.65 Å². The highest BCUT2D eigenvalue weighted by Gasteiger charge is 2.13. The smallest absolute Gasteiger partial charge is 0.234 e. The van der Waals surface area contributed by atoms with E-state index in [4.69, 9.17) is 4.74 Å². The third-order valence-electron chi connectivity index (χ3n) is 3.98. The molecule has 8 nitrogen and oxygen atoms in total. The molecule has 146 valence electrons. The zero-order chi connectivity index (χ0) is 20.1. The molecule has 0 saturated heterocycles. The van der Waals surface area contributed by atoms with Gasteiger partial charge in [0, 0.05) is 18.0 Å². The lowest BCUT2D eigenvalue weighted by Gasteiger charge is -2.10. The van der Waals surface area contributed by atoms with Gasteiger partial charge in [-0.15, -0.1) is 10.2 Å². The molecular weight excluding hydrogens is 388 g/mol. The molecule has 0 saturated carbocycles. The van der Waals surface area contributed by atoms with E-state index in [2.05, 4.69) is 25.6 Å². The second kappa shape index (κ2) is 8.70. The number of carbonyl (C=O) groups excluding carboxylic acids is 1. The van der Waals surface area contributed by atoms with E-state index < -0.39 is 0 Å². The molecule has 0 fully saturated rings. The molecule has 1 amide bonds. The number of aromatic nitrogens is 5. The summed E-state index contributed by atoms with van der Waals surface area (Å²) in [4.78, 5) is 16.5. The minimum atomic E-state index is -0.165. The Labute approximate surface area is 171 Å². The van der Waals surface area contributed by atoms with Crippen LogP contribution in [-0.4, -0.2) is 43.1 Å². The number of nitrogens with zero attached hydrogens (tertiary/aromatic N) is 5. The molecule has 0 aliphatic rings. The third-order valence-corrected chi connectivity index (χ3v) is 4.90. The summed E-state index contributed by atoms with van der Waals surface area (Å²) in [6.45, 7) is 2.43. The molecule has 0 aliphatic carbocycles. The Morgan fingerprint density at radius 1 is 1.14 bits per heavy atom. The maximum atomic E-state index is 12.4. The van der Waals surface area contributed by atoms with E-state index in [1.807, 2.05) is 55.5 Å². The number of amides is 1. The van der Waals surface area contributed by atoms with Crippen molar-refractivity contribution in [2.24, 2.45) is 0 Å². The summed E-state index contributed by atoms with van der Waals surface area (Å²) in [5, 5.41) is 16.3. The first-order valence-corrected chi connectivity index (χ1v) is 10.0. The van der Waals surface area contributed by atoms with E-state index in [9.17, 15) is 4.79 Å². The summed E-state index contributed by atoms with van der Waals surface area (Å²) < 4.78 is 7.17. The first-order valence-electron chi connectivity index (χ1n) is 9.02. The molecule has 0 atom stereocenters. The number of para-hydroxylation sites is 2. The second-order valence-corrected chi connectivity index (χ2v) is 6.92. The van der Waals surface area contributed by atoms with Gasteiger partial charge in [0.1, 0.15) is 5.75 Å². The molecule has 0 spiro atoms. The SMILES string of the molecule is CCOc1ccccc1NC(=O)CSc1nnc2ccc(-c3cccnc3)nn12. The summed E-state index contributed by atoms with van der Waals surface area (Å²) >= 11 is 1.27. The van der Waals surface area contributed by atoms with Crippen LogP contribution >= 0.6 is 11.8 Å². The Bertz CT molecular complexity index is 1130. The highest BCUT2D eigenvalue weighted by atomic mass is 32.2. The number of hydrogen-bond acceptors (Lipinski definition) is 7. The van der Waals surface area contributed by atoms with Crippen molar-refractivity contribution in [3.05, 3.63) is 60.9 Å². The molecule has 0 unspecified atom stereocenters. The van der Waals surface area contributed by atoms with Crippen LogP contribution < -0.4 is 10.1 Å². The molecule has 0 bridgehead atoms. The molecule has 29 heavy (non-hydrogen) atoms. The van der Waals surface area contributed by atoms with Crippen LogP contribution in [0.5, 0.6) is 5.75 Å². The minimum absolute atomic E-state index is 0.165. The number of pyridine rings is 1. The van der Waals surface area contributed by atoms with Gasteiger partial charge in [-0.25, -0.2) is 0 Å². The molecular formula is C20H18N6O2S. The lowest BCUT2D eigenvalue weighted by atomic mass is 10.2. The highest BCUT2D eigenvalue weighted by molar-refractivity contribution is 7.99. The van der Waals surface area contributed by atoms with Gasteiger partial charge in [-0.2, -0.15) is 9.61 Å². The van der Waals surface area contributed by atoms with Crippen molar-refractivity contribution in [1.82, 2.24) is 24.8 Å². The fourth-order valence-electron chi connectivity index (χ4n) is 2.70. The van der Waals surface area contributed by atoms with Crippen LogP contribution in [0, 0.1) is 0 Å². The van der Waals surface area contributed by atoms with E-state index in [-0.39, 0.29) is 11.7 Å². The van der Waals surface area contributed by atoms with Crippen LogP contribution in [0.1, 0.15) is 6.92 Å². The fraction of sp³-hybridized carbons (Fsp3) is 0.150. The minimum Gasteiger partial charge on any atom is -0.492 e. The van der Waals surface area contributed by atoms with Crippen molar-refractivity contribution in [3.63, 3.8) is 0 Å². The van der Waals surface area contributed by atoms with Crippen LogP contribution in [0.15, 0.2) is 66.1 Å². The topological polar surface area (TPSA) is 94.3 Å². The maximum Gasteiger partial charge on any atom is 0.234 e. The summed E-state index contributed by atoms with van der Waals surface area (Å²) in [6, 6.07) is 14.8. The van der Waals surface area contributed by atoms with Crippen molar-refractivity contribution >= 4 is 29.0 Å². The summed E-state index contributed by atoms with van der Waals surface area (Å²) in [5.41, 5.74) is 2.90. The average molecular weight is 406 g/mol. The molecule has 0 radical (unpaired) electrons. The average Bonchev–Trinajstić information content (AvgIpc) is 3.17. The number of anilines is 1. The third kappa shape index (κ3) is 4.35. The quantitative estimate of drug-likeness (QED) is 0.471. The monoisotopic (exact) mass is 406 g/mol. The van der Waals surface area contributed by atoms with E-state index >= 15 is 0 Å². The van der Waals surface area contributed by atoms with Crippen molar-refractivity contribution in [3.8, 4) is 17.0 Å². The molecule has 3 heterocycles. The standard InChI is InChI=1S/C20H18N6O2S/c1-2-28-17-8-4-3-7-16(17)22-19(27)13-29-20-24-23-18-10-9-15(25-26(18)20)14-6-5-11-21-12-14/h3-12H,2,13H2,1H3,(H,22,27). The molecule has 9 heteroatoms. The Morgan fingerprint density at radius 2 is 2.03 bits per heavy atom. The van der Waals surface area contributed by atoms with Gasteiger partial charge in [0.05, 0.1) is 23.7 Å². The van der Waals surface area contributed by atoms with Gasteiger partial charge >= 0.3 is 0 Å². The zero-order valence-corrected chi connectivity index (χ0v) is 16.5. The lowest BCUT2D eigenvalue weighted by Crippen LogP contribution is -2.15. The highest BCUT2D eigenvalue weighted by Crippen LogP contribution is 2.25. The predicted molar refractivity (Wildman–Crippen MR) is 111 cm³/mol. The van der Waals surface area contributed by atoms with Crippen LogP contribution in [-0.2, 0) is 4.79 Å². The van der Waals surface area contributed by atoms with E-state index in [1.165, 1.54) is 11.8 Å². The van der Waals surface area contributed by atoms with Crippen LogP contribution in [0.4, 0.5) is 5.69 Å². The van der Waals surface area contributed by atoms with Crippen LogP contribution in [0.3, 0.4) is 0 Å². The number of thioether (sulfide) groups is 1. The second-order valence-electron chi connectivity index (χ2n) is 5.98. The number of benzene rings is 1. The first kappa shape index (κ1) is 18.9. The molecule has 4 aromatic rings. The Hall–Kier alpha value is -3.46. The fourth-order valence-corrected chi connectivity index (χ4v) is 3.38. The summed E-state index contributed by atoms with van der Waals surface area (Å²) in [5.74, 6) is 0.645. The van der Waals surface area contributed by atoms with Crippen molar-refractivity contribution < 1.29 is 9.53 Å². The number of hydrogen-bond donors (Lipinski definition) is 1. The summed E-state index contributed by atoms with van der Waals surface area (Å²) in [6.07, 6.45) is 3.46. The molecule has 1 N–H and O–H groups in total. The van der Waals surface area contributed by atoms with Crippen LogP contribution in [0.25, 0.3) is 16.9 Å². The van der Waals surface area contributed by atoms with Gasteiger partial charge in [-0.1, -0.05) is 23.9 Å². The number of carbonyl (C=O) groups is 1. The normalized spacial score (nSPS) is 10.8. The zero-order valence-electron chi connectivity index (χ0n) is 15.6. The number of ether oxygens (including phenoxy) is 1. The van der Waals surface area contributed by atoms with E-state index in [0.29, 0.717) is 28.8 Å². The number of fused-ring (bicyclic) bond motifs is 1. The van der Waals surface area contributed by atoms with Crippen LogP contribution in [0.2, 0.25) is 0 Å². The number of nitrogens with one attached hydrogen (secondary N) is 1. The first-order chi connectivity index (χ1) is 14.2. The predicted octanol–water partition coefficient (Wildman–Crippen LogP) is 3.32. The largest absolute Gasteiger partial charge is 0.492 e. The van der Waals surface area contributed by atoms with Crippen molar-refractivity contribution in [1.29, 1.82) is 0 Å². The van der Waals surface area contributed by atoms with Gasteiger partial charge in [-0.3, -0.25) is 9.78 Å². The Morgan fingerprint density at radius 3 is 2.86 bits per heavy atom. The Balaban J connectivity index is 1.48. The summed E-state index contributed by atoms with van der Waals surface area (Å²) in [7, 11) is 0. The van der Waals surface area contributed by atoms with E-state index in [1.54, 1.807) is 16.9 Å². The molecule has 4 rings (SSSR count). The molecule has 0 aliphatic heterocycles. The van der Waals surface area contributed by atoms with Crippen molar-refractivity contribution in [2.45, 2.75) is 12.1 Å². The number of rotatable bonds is 7. The maximum absolute atomic E-state index is 12.4. The van der Waals surface area contributed by atoms with Crippen molar-refractivity contribution in [2.75, 3.05) is 17.7 Å². The molecule has 3 aromatic heterocycles. The molecule has 1 aromatic carbocycles. The Kier molecular flexibility index (Phi) is 5.66. The van der Waals surface area contributed by atoms with Gasteiger partial charge < -0.3 is 10.1 Å². The van der Waals surface area contributed by atoms with Gasteiger partial charge in [-0.05, 0) is 43.3 Å². The van der Waals surface area contributed by atoms with Gasteiger partial charge in [0.2, 0.25) is 11.1 Å².